The number of nitrogens with zero attached hydrogens (tertiary/aromatic N) is 2. The van der Waals surface area contributed by atoms with Crippen LogP contribution in [0.15, 0.2) is 66.9 Å². The summed E-state index contributed by atoms with van der Waals surface area (Å²) in [5.41, 5.74) is 6.94. The highest BCUT2D eigenvalue weighted by Crippen LogP contribution is 2.17. The minimum Gasteiger partial charge on any atom is -0.394 e. The molecule has 7 nitrogen and oxygen atoms in total. The topological polar surface area (TPSA) is 110 Å². The molecule has 0 saturated carbocycles. The van der Waals surface area contributed by atoms with Gasteiger partial charge in [-0.2, -0.15) is 4.98 Å². The van der Waals surface area contributed by atoms with Gasteiger partial charge in [-0.1, -0.05) is 36.4 Å². The van der Waals surface area contributed by atoms with Crippen LogP contribution in [0.5, 0.6) is 0 Å². The molecule has 3 aromatic rings. The number of amides is 2. The van der Waals surface area contributed by atoms with Gasteiger partial charge in [-0.3, -0.25) is 14.9 Å². The number of aromatic nitrogens is 2. The number of benzene rings is 2. The number of rotatable bonds is 4. The van der Waals surface area contributed by atoms with Gasteiger partial charge in [0.2, 0.25) is 5.95 Å². The Morgan fingerprint density at radius 2 is 1.32 bits per heavy atom. The molecule has 0 bridgehead atoms. The summed E-state index contributed by atoms with van der Waals surface area (Å²) in [6, 6.07) is 17.3. The van der Waals surface area contributed by atoms with Crippen LogP contribution in [0.4, 0.5) is 17.5 Å². The van der Waals surface area contributed by atoms with Crippen LogP contribution in [-0.4, -0.2) is 21.8 Å². The summed E-state index contributed by atoms with van der Waals surface area (Å²) < 4.78 is 0. The maximum atomic E-state index is 12.2. The average Bonchev–Trinajstić information content (AvgIpc) is 2.66. The Balaban J connectivity index is 1.76. The maximum absolute atomic E-state index is 12.2. The molecule has 3 rings (SSSR count). The van der Waals surface area contributed by atoms with Crippen LogP contribution in [0, 0.1) is 0 Å². The summed E-state index contributed by atoms with van der Waals surface area (Å²) in [6.45, 7) is 0. The van der Waals surface area contributed by atoms with Gasteiger partial charge in [0.25, 0.3) is 11.8 Å². The normalized spacial score (nSPS) is 10.1. The van der Waals surface area contributed by atoms with E-state index < -0.39 is 0 Å². The Labute approximate surface area is 143 Å². The molecule has 0 spiro atoms. The van der Waals surface area contributed by atoms with Crippen molar-refractivity contribution in [2.45, 2.75) is 0 Å². The van der Waals surface area contributed by atoms with Crippen LogP contribution in [0.3, 0.4) is 0 Å². The summed E-state index contributed by atoms with van der Waals surface area (Å²) in [5.74, 6) is -0.532. The van der Waals surface area contributed by atoms with Crippen molar-refractivity contribution in [1.29, 1.82) is 0 Å². The molecular weight excluding hydrogens is 318 g/mol. The van der Waals surface area contributed by atoms with Crippen LogP contribution in [0.25, 0.3) is 0 Å². The lowest BCUT2D eigenvalue weighted by molar-refractivity contribution is 0.101. The largest absolute Gasteiger partial charge is 0.394 e. The highest BCUT2D eigenvalue weighted by Gasteiger charge is 2.12. The van der Waals surface area contributed by atoms with Crippen molar-refractivity contribution in [2.24, 2.45) is 0 Å². The second-order valence-corrected chi connectivity index (χ2v) is 5.14. The quantitative estimate of drug-likeness (QED) is 0.679. The molecule has 0 fully saturated rings. The molecule has 0 radical (unpaired) electrons. The lowest BCUT2D eigenvalue weighted by Crippen LogP contribution is -2.18. The summed E-state index contributed by atoms with van der Waals surface area (Å²) in [4.78, 5) is 32.4. The van der Waals surface area contributed by atoms with Gasteiger partial charge in [0.1, 0.15) is 0 Å². The molecule has 0 saturated heterocycles. The van der Waals surface area contributed by atoms with E-state index in [-0.39, 0.29) is 29.3 Å². The summed E-state index contributed by atoms with van der Waals surface area (Å²) in [5, 5.41) is 5.18. The van der Waals surface area contributed by atoms with Crippen molar-refractivity contribution >= 4 is 29.3 Å². The second kappa shape index (κ2) is 7.22. The van der Waals surface area contributed by atoms with Gasteiger partial charge in [0.15, 0.2) is 5.82 Å². The number of carbonyl (C=O) groups excluding carboxylic acids is 2. The molecule has 1 heterocycles. The third kappa shape index (κ3) is 3.97. The fourth-order valence-corrected chi connectivity index (χ4v) is 2.08. The molecular formula is C18H15N5O2. The van der Waals surface area contributed by atoms with Gasteiger partial charge >= 0.3 is 0 Å². The second-order valence-electron chi connectivity index (χ2n) is 5.14. The van der Waals surface area contributed by atoms with Crippen LogP contribution in [0.1, 0.15) is 20.7 Å². The first kappa shape index (κ1) is 16.1. The van der Waals surface area contributed by atoms with Crippen LogP contribution >= 0.6 is 0 Å². The predicted molar refractivity (Wildman–Crippen MR) is 95.2 cm³/mol. The summed E-state index contributed by atoms with van der Waals surface area (Å²) in [7, 11) is 0. The Morgan fingerprint density at radius 1 is 0.800 bits per heavy atom. The SMILES string of the molecule is Nc1cnc(NC(=O)c2ccccc2)nc1NC(=O)c1ccccc1. The molecule has 124 valence electrons. The van der Waals surface area contributed by atoms with E-state index in [4.69, 9.17) is 5.73 Å². The fraction of sp³-hybridized carbons (Fsp3) is 0. The summed E-state index contributed by atoms with van der Waals surface area (Å²) >= 11 is 0. The van der Waals surface area contributed by atoms with E-state index >= 15 is 0 Å². The molecule has 25 heavy (non-hydrogen) atoms. The third-order valence-corrected chi connectivity index (χ3v) is 3.35. The number of nitrogens with two attached hydrogens (primary N) is 1. The lowest BCUT2D eigenvalue weighted by Gasteiger charge is -2.09. The van der Waals surface area contributed by atoms with Gasteiger partial charge in [-0.05, 0) is 24.3 Å². The minimum absolute atomic E-state index is 0.0476. The van der Waals surface area contributed by atoms with E-state index in [0.717, 1.165) is 0 Å². The van der Waals surface area contributed by atoms with Crippen molar-refractivity contribution < 1.29 is 9.59 Å². The van der Waals surface area contributed by atoms with E-state index in [0.29, 0.717) is 11.1 Å². The highest BCUT2D eigenvalue weighted by molar-refractivity contribution is 6.06. The fourth-order valence-electron chi connectivity index (χ4n) is 2.08. The third-order valence-electron chi connectivity index (χ3n) is 3.35. The standard InChI is InChI=1S/C18H15N5O2/c19-14-11-20-18(23-17(25)13-9-5-2-6-10-13)22-15(14)21-16(24)12-7-3-1-4-8-12/h1-11H,19H2,(H2,20,21,22,23,24,25). The Bertz CT molecular complexity index is 898. The van der Waals surface area contributed by atoms with Gasteiger partial charge < -0.3 is 11.1 Å². The predicted octanol–water partition coefficient (Wildman–Crippen LogP) is 2.56. The number of nitrogens with one attached hydrogen (secondary N) is 2. The zero-order valence-electron chi connectivity index (χ0n) is 13.1. The molecule has 0 atom stereocenters. The maximum Gasteiger partial charge on any atom is 0.258 e. The smallest absolute Gasteiger partial charge is 0.258 e. The van der Waals surface area contributed by atoms with Crippen molar-refractivity contribution in [2.75, 3.05) is 16.4 Å². The number of carbonyl (C=O) groups is 2. The first-order chi connectivity index (χ1) is 12.1. The van der Waals surface area contributed by atoms with E-state index in [2.05, 4.69) is 20.6 Å². The van der Waals surface area contributed by atoms with Gasteiger partial charge in [0, 0.05) is 11.1 Å². The summed E-state index contributed by atoms with van der Waals surface area (Å²) in [6.07, 6.45) is 1.33. The molecule has 2 amide bonds. The number of hydrogen-bond acceptors (Lipinski definition) is 5. The van der Waals surface area contributed by atoms with E-state index in [1.54, 1.807) is 48.5 Å². The van der Waals surface area contributed by atoms with Gasteiger partial charge in [-0.15, -0.1) is 0 Å². The first-order valence-corrected chi connectivity index (χ1v) is 7.49. The van der Waals surface area contributed by atoms with Gasteiger partial charge in [0.05, 0.1) is 11.9 Å². The Morgan fingerprint density at radius 3 is 1.88 bits per heavy atom. The van der Waals surface area contributed by atoms with Crippen molar-refractivity contribution in [3.63, 3.8) is 0 Å². The zero-order valence-corrected chi connectivity index (χ0v) is 13.1. The van der Waals surface area contributed by atoms with Crippen molar-refractivity contribution in [3.8, 4) is 0 Å². The monoisotopic (exact) mass is 333 g/mol. The molecule has 2 aromatic carbocycles. The molecule has 0 aliphatic carbocycles. The highest BCUT2D eigenvalue weighted by atomic mass is 16.2. The van der Waals surface area contributed by atoms with Crippen molar-refractivity contribution in [1.82, 2.24) is 9.97 Å². The Kier molecular flexibility index (Phi) is 4.66. The first-order valence-electron chi connectivity index (χ1n) is 7.49. The van der Waals surface area contributed by atoms with E-state index in [1.165, 1.54) is 6.20 Å². The van der Waals surface area contributed by atoms with E-state index in [1.807, 2.05) is 12.1 Å². The van der Waals surface area contributed by atoms with Gasteiger partial charge in [-0.25, -0.2) is 4.98 Å². The molecule has 4 N–H and O–H groups in total. The average molecular weight is 333 g/mol. The number of nitrogen functional groups attached to an aromatic ring is 1. The molecule has 1 aromatic heterocycles. The zero-order chi connectivity index (χ0) is 17.6. The van der Waals surface area contributed by atoms with E-state index in [9.17, 15) is 9.59 Å². The number of hydrogen-bond donors (Lipinski definition) is 3. The van der Waals surface area contributed by atoms with Crippen LogP contribution in [0.2, 0.25) is 0 Å². The van der Waals surface area contributed by atoms with Crippen LogP contribution < -0.4 is 16.4 Å². The molecule has 0 aliphatic heterocycles. The Hall–Kier alpha value is -3.74. The molecule has 0 unspecified atom stereocenters. The molecule has 0 aliphatic rings. The van der Waals surface area contributed by atoms with Crippen LogP contribution in [-0.2, 0) is 0 Å². The molecule has 7 heteroatoms. The lowest BCUT2D eigenvalue weighted by atomic mass is 10.2. The minimum atomic E-state index is -0.356. The van der Waals surface area contributed by atoms with Crippen molar-refractivity contribution in [3.05, 3.63) is 78.0 Å². The number of anilines is 3.